The summed E-state index contributed by atoms with van der Waals surface area (Å²) < 4.78 is 0. The maximum absolute atomic E-state index is 5.28. The maximum Gasteiger partial charge on any atom is 2.00 e. The number of benzene rings is 4. The van der Waals surface area contributed by atoms with E-state index < -0.39 is 5.41 Å². The number of hydrogen-bond acceptors (Lipinski definition) is 3. The van der Waals surface area contributed by atoms with Crippen LogP contribution >= 0.6 is 0 Å². The third kappa shape index (κ3) is 6.93. The van der Waals surface area contributed by atoms with Crippen molar-refractivity contribution in [2.45, 2.75) is 31.1 Å². The minimum absolute atomic E-state index is 0. The number of aryl methyl sites for hydroxylation is 1. The van der Waals surface area contributed by atoms with Gasteiger partial charge < -0.3 is 15.5 Å². The second kappa shape index (κ2) is 15.6. The van der Waals surface area contributed by atoms with Crippen molar-refractivity contribution in [1.29, 1.82) is 0 Å². The summed E-state index contributed by atoms with van der Waals surface area (Å²) in [6.07, 6.45) is 6.25. The van der Waals surface area contributed by atoms with Gasteiger partial charge in [0, 0.05) is 11.9 Å². The molecule has 0 saturated heterocycles. The van der Waals surface area contributed by atoms with Gasteiger partial charge in [-0.15, -0.1) is 11.4 Å². The normalized spacial score (nSPS) is 12.1. The number of rotatable bonds is 7. The Balaban J connectivity index is 0.000000241. The van der Waals surface area contributed by atoms with Gasteiger partial charge in [-0.2, -0.15) is 0 Å². The van der Waals surface area contributed by atoms with Gasteiger partial charge in [0.05, 0.1) is 17.1 Å². The summed E-state index contributed by atoms with van der Waals surface area (Å²) in [6.45, 7) is 0. The van der Waals surface area contributed by atoms with Crippen molar-refractivity contribution < 1.29 is 21.1 Å². The van der Waals surface area contributed by atoms with Gasteiger partial charge in [-0.1, -0.05) is 139 Å². The molecular weight excluding hydrogens is 770 g/mol. The smallest absolute Gasteiger partial charge is 0.658 e. The first-order valence-corrected chi connectivity index (χ1v) is 16.2. The van der Waals surface area contributed by atoms with Crippen molar-refractivity contribution in [2.24, 2.45) is 0 Å². The first kappa shape index (κ1) is 32.8. The van der Waals surface area contributed by atoms with Crippen LogP contribution in [-0.4, -0.2) is 15.1 Å². The molecule has 7 aromatic rings. The molecule has 0 bridgehead atoms. The molecule has 48 heavy (non-hydrogen) atoms. The molecule has 0 aliphatic heterocycles. The fourth-order valence-corrected chi connectivity index (χ4v) is 6.41. The monoisotopic (exact) mass is 804 g/mol. The maximum atomic E-state index is 5.28. The first-order valence-electron chi connectivity index (χ1n) is 16.2. The molecule has 0 saturated carbocycles. The van der Waals surface area contributed by atoms with Crippen molar-refractivity contribution in [1.82, 2.24) is 20.2 Å². The Kier molecular flexibility index (Phi) is 10.7. The molecule has 1 aliphatic rings. The SMILES string of the molecule is [Pt+2].c1ccc(C(c2ccccc2)(c2ccccn2)c2cccc(-c3[n-]nc4c3CCCC4)n2)cc1.c1ccc([N-]c2ccccc2)cc1. The van der Waals surface area contributed by atoms with Gasteiger partial charge in [-0.05, 0) is 66.6 Å². The first-order chi connectivity index (χ1) is 23.3. The molecule has 0 unspecified atom stereocenters. The van der Waals surface area contributed by atoms with Gasteiger partial charge in [0.25, 0.3) is 0 Å². The van der Waals surface area contributed by atoms with Crippen LogP contribution in [-0.2, 0) is 39.3 Å². The topological polar surface area (TPSA) is 66.9 Å². The Labute approximate surface area is 296 Å². The molecule has 0 radical (unpaired) electrons. The Bertz CT molecular complexity index is 1860. The summed E-state index contributed by atoms with van der Waals surface area (Å²) in [5, 5.41) is 13.5. The predicted octanol–water partition coefficient (Wildman–Crippen LogP) is 9.78. The zero-order valence-corrected chi connectivity index (χ0v) is 28.7. The largest absolute Gasteiger partial charge is 2.00 e. The summed E-state index contributed by atoms with van der Waals surface area (Å²) in [5.41, 5.74) is 9.63. The Morgan fingerprint density at radius 3 is 1.67 bits per heavy atom. The van der Waals surface area contributed by atoms with Crippen LogP contribution in [0.4, 0.5) is 11.4 Å². The van der Waals surface area contributed by atoms with Gasteiger partial charge in [0.15, 0.2) is 0 Å². The molecule has 1 aliphatic carbocycles. The fraction of sp³-hybridized carbons (Fsp3) is 0.119. The second-order valence-corrected chi connectivity index (χ2v) is 11.6. The van der Waals surface area contributed by atoms with Crippen molar-refractivity contribution in [2.75, 3.05) is 0 Å². The second-order valence-electron chi connectivity index (χ2n) is 11.6. The predicted molar refractivity (Wildman–Crippen MR) is 189 cm³/mol. The van der Waals surface area contributed by atoms with Crippen LogP contribution in [0.1, 0.15) is 46.6 Å². The summed E-state index contributed by atoms with van der Waals surface area (Å²) in [7, 11) is 0. The summed E-state index contributed by atoms with van der Waals surface area (Å²) in [4.78, 5) is 10.2. The molecule has 0 fully saturated rings. The van der Waals surface area contributed by atoms with Gasteiger partial charge in [0.1, 0.15) is 5.41 Å². The van der Waals surface area contributed by atoms with Crippen LogP contribution in [0, 0.1) is 0 Å². The molecule has 6 heteroatoms. The van der Waals surface area contributed by atoms with Crippen LogP contribution in [0.3, 0.4) is 0 Å². The summed E-state index contributed by atoms with van der Waals surface area (Å²) >= 11 is 0. The van der Waals surface area contributed by atoms with E-state index in [4.69, 9.17) is 9.97 Å². The zero-order valence-electron chi connectivity index (χ0n) is 26.5. The van der Waals surface area contributed by atoms with Crippen molar-refractivity contribution in [3.8, 4) is 11.4 Å². The van der Waals surface area contributed by atoms with Crippen LogP contribution in [0.25, 0.3) is 16.7 Å². The Hall–Kier alpha value is -5.12. The van der Waals surface area contributed by atoms with Gasteiger partial charge in [0.2, 0.25) is 0 Å². The molecule has 8 rings (SSSR count). The number of hydrogen-bond donors (Lipinski definition) is 0. The number of pyridine rings is 2. The summed E-state index contributed by atoms with van der Waals surface area (Å²) in [6, 6.07) is 53.4. The molecule has 0 amide bonds. The van der Waals surface area contributed by atoms with E-state index >= 15 is 0 Å². The minimum Gasteiger partial charge on any atom is -0.658 e. The molecular formula is C42H35N5Pt. The van der Waals surface area contributed by atoms with Crippen LogP contribution in [0.15, 0.2) is 164 Å². The number of nitrogens with zero attached hydrogens (tertiary/aromatic N) is 5. The van der Waals surface area contributed by atoms with E-state index in [1.54, 1.807) is 0 Å². The van der Waals surface area contributed by atoms with Gasteiger partial charge in [-0.3, -0.25) is 9.97 Å². The van der Waals surface area contributed by atoms with Crippen LogP contribution in [0.5, 0.6) is 0 Å². The molecule has 3 aromatic heterocycles. The molecule has 0 spiro atoms. The fourth-order valence-electron chi connectivity index (χ4n) is 6.41. The minimum atomic E-state index is -0.667. The van der Waals surface area contributed by atoms with E-state index in [1.807, 2.05) is 91.1 Å². The number of para-hydroxylation sites is 2. The number of fused-ring (bicyclic) bond motifs is 1. The third-order valence-corrected chi connectivity index (χ3v) is 8.60. The average molecular weight is 805 g/mol. The van der Waals surface area contributed by atoms with E-state index in [9.17, 15) is 0 Å². The van der Waals surface area contributed by atoms with E-state index in [0.29, 0.717) is 0 Å². The van der Waals surface area contributed by atoms with Crippen molar-refractivity contribution in [3.05, 3.63) is 203 Å². The van der Waals surface area contributed by atoms with Gasteiger partial charge >= 0.3 is 21.1 Å². The van der Waals surface area contributed by atoms with Gasteiger partial charge in [-0.25, -0.2) is 0 Å². The van der Waals surface area contributed by atoms with E-state index in [0.717, 1.165) is 63.8 Å². The number of aromatic nitrogens is 4. The summed E-state index contributed by atoms with van der Waals surface area (Å²) in [5.74, 6) is 0. The standard InChI is InChI=1S/C30H25N4.C12H10N.Pt/c1-3-12-22(13-4-1)30(23-14-5-2-6-15-23,27-19-9-10-21-31-27)28-20-11-18-26(32-28)29-24-16-7-8-17-25(24)33-34-29;1-3-7-11(8-4-1)13-12-9-5-2-6-10-12;/h1-6,9-15,18-21H,7-8,16-17H2;1-10H;/q2*-1;+2. The molecule has 0 N–H and O–H groups in total. The zero-order chi connectivity index (χ0) is 31.7. The van der Waals surface area contributed by atoms with E-state index in [1.165, 1.54) is 18.4 Å². The van der Waals surface area contributed by atoms with Crippen LogP contribution < -0.4 is 5.10 Å². The molecule has 3 heterocycles. The Morgan fingerprint density at radius 1 is 0.542 bits per heavy atom. The van der Waals surface area contributed by atoms with Crippen LogP contribution in [0.2, 0.25) is 0 Å². The average Bonchev–Trinajstić information content (AvgIpc) is 3.59. The molecule has 238 valence electrons. The molecule has 4 aromatic carbocycles. The molecule has 0 atom stereocenters. The third-order valence-electron chi connectivity index (χ3n) is 8.60. The van der Waals surface area contributed by atoms with E-state index in [2.05, 4.69) is 88.3 Å². The van der Waals surface area contributed by atoms with Crippen molar-refractivity contribution >= 4 is 11.4 Å². The Morgan fingerprint density at radius 2 is 1.08 bits per heavy atom. The van der Waals surface area contributed by atoms with E-state index in [-0.39, 0.29) is 21.1 Å². The van der Waals surface area contributed by atoms with Crippen molar-refractivity contribution in [3.63, 3.8) is 0 Å². The quantitative estimate of drug-likeness (QED) is 0.161. The molecule has 5 nitrogen and oxygen atoms in total.